The van der Waals surface area contributed by atoms with Gasteiger partial charge in [-0.1, -0.05) is 18.2 Å². The van der Waals surface area contributed by atoms with Crippen LogP contribution in [-0.2, 0) is 10.0 Å². The number of nitrogens with one attached hydrogen (secondary N) is 1. The van der Waals surface area contributed by atoms with E-state index in [0.29, 0.717) is 39.6 Å². The number of benzene rings is 3. The van der Waals surface area contributed by atoms with Crippen molar-refractivity contribution >= 4 is 27.3 Å². The molecule has 1 amide bonds. The van der Waals surface area contributed by atoms with Gasteiger partial charge in [0.15, 0.2) is 0 Å². The predicted molar refractivity (Wildman–Crippen MR) is 120 cm³/mol. The highest BCUT2D eigenvalue weighted by atomic mass is 32.2. The standard InChI is InChI=1S/C23H22N2O5S/c1-4-25-20-12-9-15(13-18(20)17-7-5-6-8-22(17)31(25,27)28)23(26)24-19-11-10-16(29-2)14-21(19)30-3/h5-14H,4H2,1-3H3,(H,24,26). The van der Waals surface area contributed by atoms with Gasteiger partial charge in [-0.3, -0.25) is 9.10 Å². The topological polar surface area (TPSA) is 84.9 Å². The van der Waals surface area contributed by atoms with Gasteiger partial charge in [0.05, 0.1) is 30.5 Å². The lowest BCUT2D eigenvalue weighted by Crippen LogP contribution is -2.34. The van der Waals surface area contributed by atoms with Gasteiger partial charge in [0.2, 0.25) is 0 Å². The number of methoxy groups -OCH3 is 2. The summed E-state index contributed by atoms with van der Waals surface area (Å²) in [6.45, 7) is 2.07. The fourth-order valence-corrected chi connectivity index (χ4v) is 5.41. The van der Waals surface area contributed by atoms with Gasteiger partial charge in [-0.15, -0.1) is 0 Å². The van der Waals surface area contributed by atoms with Gasteiger partial charge in [0, 0.05) is 29.3 Å². The second-order valence-corrected chi connectivity index (χ2v) is 8.75. The molecule has 3 aromatic rings. The second kappa shape index (κ2) is 7.96. The molecular formula is C23H22N2O5S. The van der Waals surface area contributed by atoms with E-state index in [-0.39, 0.29) is 17.3 Å². The van der Waals surface area contributed by atoms with Crippen LogP contribution >= 0.6 is 0 Å². The monoisotopic (exact) mass is 438 g/mol. The van der Waals surface area contributed by atoms with E-state index in [1.54, 1.807) is 74.7 Å². The van der Waals surface area contributed by atoms with Crippen molar-refractivity contribution < 1.29 is 22.7 Å². The van der Waals surface area contributed by atoms with Gasteiger partial charge in [-0.05, 0) is 43.3 Å². The average Bonchev–Trinajstić information content (AvgIpc) is 2.79. The number of anilines is 2. The number of amides is 1. The number of hydrogen-bond acceptors (Lipinski definition) is 5. The minimum Gasteiger partial charge on any atom is -0.497 e. The molecule has 1 aliphatic rings. The van der Waals surface area contributed by atoms with E-state index < -0.39 is 10.0 Å². The van der Waals surface area contributed by atoms with Crippen LogP contribution < -0.4 is 19.1 Å². The number of carbonyl (C=O) groups is 1. The number of fused-ring (bicyclic) bond motifs is 3. The molecule has 3 aromatic carbocycles. The number of ether oxygens (including phenoxy) is 2. The molecule has 0 saturated heterocycles. The number of nitrogens with zero attached hydrogens (tertiary/aromatic N) is 1. The van der Waals surface area contributed by atoms with Crippen LogP contribution in [0, 0.1) is 0 Å². The lowest BCUT2D eigenvalue weighted by molar-refractivity contribution is 0.102. The van der Waals surface area contributed by atoms with E-state index >= 15 is 0 Å². The number of sulfonamides is 1. The van der Waals surface area contributed by atoms with Crippen LogP contribution in [0.15, 0.2) is 65.6 Å². The van der Waals surface area contributed by atoms with Gasteiger partial charge < -0.3 is 14.8 Å². The molecule has 0 bridgehead atoms. The molecule has 0 saturated carbocycles. The minimum atomic E-state index is -3.64. The van der Waals surface area contributed by atoms with Gasteiger partial charge in [0.25, 0.3) is 15.9 Å². The van der Waals surface area contributed by atoms with E-state index in [2.05, 4.69) is 5.32 Å². The fraction of sp³-hybridized carbons (Fsp3) is 0.174. The first-order chi connectivity index (χ1) is 14.9. The third-order valence-corrected chi connectivity index (χ3v) is 7.16. The third-order valence-electron chi connectivity index (χ3n) is 5.22. The first-order valence-corrected chi connectivity index (χ1v) is 11.1. The Morgan fingerprint density at radius 1 is 0.968 bits per heavy atom. The average molecular weight is 439 g/mol. The van der Waals surface area contributed by atoms with E-state index in [1.807, 2.05) is 0 Å². The highest BCUT2D eigenvalue weighted by molar-refractivity contribution is 7.93. The molecule has 1 heterocycles. The van der Waals surface area contributed by atoms with E-state index in [0.717, 1.165) is 0 Å². The molecule has 0 unspecified atom stereocenters. The van der Waals surface area contributed by atoms with Crippen LogP contribution in [0.2, 0.25) is 0 Å². The zero-order valence-corrected chi connectivity index (χ0v) is 18.2. The summed E-state index contributed by atoms with van der Waals surface area (Å²) < 4.78 is 37.9. The molecule has 4 rings (SSSR count). The normalized spacial score (nSPS) is 13.7. The van der Waals surface area contributed by atoms with E-state index in [4.69, 9.17) is 9.47 Å². The van der Waals surface area contributed by atoms with Crippen molar-refractivity contribution in [1.82, 2.24) is 0 Å². The summed E-state index contributed by atoms with van der Waals surface area (Å²) in [6.07, 6.45) is 0. The highest BCUT2D eigenvalue weighted by Gasteiger charge is 2.34. The highest BCUT2D eigenvalue weighted by Crippen LogP contribution is 2.43. The summed E-state index contributed by atoms with van der Waals surface area (Å²) in [5.41, 5.74) is 2.74. The molecular weight excluding hydrogens is 416 g/mol. The quantitative estimate of drug-likeness (QED) is 0.647. The lowest BCUT2D eigenvalue weighted by Gasteiger charge is -2.31. The van der Waals surface area contributed by atoms with Crippen LogP contribution in [-0.4, -0.2) is 35.1 Å². The molecule has 0 radical (unpaired) electrons. The second-order valence-electron chi connectivity index (χ2n) is 6.92. The van der Waals surface area contributed by atoms with Crippen LogP contribution in [0.5, 0.6) is 11.5 Å². The molecule has 0 aromatic heterocycles. The Morgan fingerprint density at radius 2 is 1.74 bits per heavy atom. The molecule has 160 valence electrons. The molecule has 1 N–H and O–H groups in total. The Bertz CT molecular complexity index is 1270. The van der Waals surface area contributed by atoms with Gasteiger partial charge >= 0.3 is 0 Å². The lowest BCUT2D eigenvalue weighted by atomic mass is 10.00. The van der Waals surface area contributed by atoms with Crippen molar-refractivity contribution in [1.29, 1.82) is 0 Å². The third kappa shape index (κ3) is 3.48. The van der Waals surface area contributed by atoms with E-state index in [9.17, 15) is 13.2 Å². The zero-order chi connectivity index (χ0) is 22.2. The Hall–Kier alpha value is -3.52. The molecule has 0 spiro atoms. The maximum atomic E-state index is 13.0. The summed E-state index contributed by atoms with van der Waals surface area (Å²) in [6, 6.07) is 17.0. The van der Waals surface area contributed by atoms with Crippen LogP contribution in [0.4, 0.5) is 11.4 Å². The summed E-state index contributed by atoms with van der Waals surface area (Å²) in [5, 5.41) is 2.85. The molecule has 31 heavy (non-hydrogen) atoms. The van der Waals surface area contributed by atoms with Gasteiger partial charge in [-0.2, -0.15) is 0 Å². The van der Waals surface area contributed by atoms with Crippen LogP contribution in [0.25, 0.3) is 11.1 Å². The van der Waals surface area contributed by atoms with Crippen molar-refractivity contribution in [3.05, 3.63) is 66.2 Å². The molecule has 0 atom stereocenters. The van der Waals surface area contributed by atoms with Crippen molar-refractivity contribution in [3.8, 4) is 22.6 Å². The SMILES string of the molecule is CCN1c2ccc(C(=O)Nc3ccc(OC)cc3OC)cc2-c2ccccc2S1(=O)=O. The Labute approximate surface area is 181 Å². The molecule has 8 heteroatoms. The smallest absolute Gasteiger partial charge is 0.264 e. The van der Waals surface area contributed by atoms with Crippen LogP contribution in [0.1, 0.15) is 17.3 Å². The molecule has 0 aliphatic carbocycles. The first kappa shape index (κ1) is 20.7. The predicted octanol–water partition coefficient (Wildman–Crippen LogP) is 4.15. The maximum absolute atomic E-state index is 13.0. The van der Waals surface area contributed by atoms with Crippen molar-refractivity contribution in [2.45, 2.75) is 11.8 Å². The Morgan fingerprint density at radius 3 is 2.45 bits per heavy atom. The molecule has 0 fully saturated rings. The van der Waals surface area contributed by atoms with Crippen molar-refractivity contribution in [2.75, 3.05) is 30.4 Å². The first-order valence-electron chi connectivity index (χ1n) is 9.70. The van der Waals surface area contributed by atoms with Crippen molar-refractivity contribution in [2.24, 2.45) is 0 Å². The van der Waals surface area contributed by atoms with Gasteiger partial charge in [0.1, 0.15) is 11.5 Å². The van der Waals surface area contributed by atoms with E-state index in [1.165, 1.54) is 11.4 Å². The molecule has 7 nitrogen and oxygen atoms in total. The Kier molecular flexibility index (Phi) is 5.32. The maximum Gasteiger partial charge on any atom is 0.264 e. The minimum absolute atomic E-state index is 0.235. The summed E-state index contributed by atoms with van der Waals surface area (Å²) >= 11 is 0. The molecule has 1 aliphatic heterocycles. The van der Waals surface area contributed by atoms with Gasteiger partial charge in [-0.25, -0.2) is 8.42 Å². The van der Waals surface area contributed by atoms with Crippen LogP contribution in [0.3, 0.4) is 0 Å². The zero-order valence-electron chi connectivity index (χ0n) is 17.4. The largest absolute Gasteiger partial charge is 0.497 e. The van der Waals surface area contributed by atoms with Crippen molar-refractivity contribution in [3.63, 3.8) is 0 Å². The summed E-state index contributed by atoms with van der Waals surface area (Å²) in [5.74, 6) is 0.751. The number of carbonyl (C=O) groups excluding carboxylic acids is 1. The summed E-state index contributed by atoms with van der Waals surface area (Å²) in [4.78, 5) is 13.2. The number of hydrogen-bond donors (Lipinski definition) is 1. The Balaban J connectivity index is 1.75. The fourth-order valence-electron chi connectivity index (χ4n) is 3.71. The summed E-state index contributed by atoms with van der Waals surface area (Å²) in [7, 11) is -0.572. The number of rotatable bonds is 5.